The molecular weight excluding hydrogens is 190 g/mol. The summed E-state index contributed by atoms with van der Waals surface area (Å²) in [6, 6.07) is 3.78. The minimum Gasteiger partial charge on any atom is -0.490 e. The molecule has 4 atom stereocenters. The van der Waals surface area contributed by atoms with Crippen LogP contribution in [-0.2, 0) is 0 Å². The average molecular weight is 205 g/mol. The van der Waals surface area contributed by atoms with Crippen LogP contribution in [0.4, 0.5) is 0 Å². The van der Waals surface area contributed by atoms with Gasteiger partial charge in [-0.1, -0.05) is 0 Å². The minimum absolute atomic E-state index is 0.0766. The fraction of sp³-hybridized carbons (Fsp3) is 0.583. The Balaban J connectivity index is 1.67. The van der Waals surface area contributed by atoms with Crippen molar-refractivity contribution in [2.45, 2.75) is 31.5 Å². The first-order chi connectivity index (χ1) is 7.33. The Kier molecular flexibility index (Phi) is 2.13. The molecule has 3 heteroatoms. The van der Waals surface area contributed by atoms with Crippen molar-refractivity contribution < 1.29 is 9.84 Å². The molecule has 0 aliphatic heterocycles. The van der Waals surface area contributed by atoms with Gasteiger partial charge in [0.25, 0.3) is 0 Å². The summed E-state index contributed by atoms with van der Waals surface area (Å²) < 4.78 is 5.91. The largest absolute Gasteiger partial charge is 0.490 e. The number of fused-ring (bicyclic) bond motifs is 2. The van der Waals surface area contributed by atoms with Gasteiger partial charge in [-0.05, 0) is 43.2 Å². The number of hydrogen-bond acceptors (Lipinski definition) is 3. The highest BCUT2D eigenvalue weighted by Crippen LogP contribution is 2.46. The maximum atomic E-state index is 9.64. The highest BCUT2D eigenvalue weighted by molar-refractivity contribution is 5.18. The van der Waals surface area contributed by atoms with Crippen molar-refractivity contribution in [1.82, 2.24) is 4.98 Å². The molecule has 1 heterocycles. The first-order valence-electron chi connectivity index (χ1n) is 5.57. The van der Waals surface area contributed by atoms with Crippen molar-refractivity contribution >= 4 is 0 Å². The van der Waals surface area contributed by atoms with Gasteiger partial charge >= 0.3 is 0 Å². The fourth-order valence-corrected chi connectivity index (χ4v) is 2.93. The molecule has 3 rings (SSSR count). The summed E-state index contributed by atoms with van der Waals surface area (Å²) in [5.74, 6) is 1.93. The molecule has 0 spiro atoms. The third-order valence-corrected chi connectivity index (χ3v) is 3.69. The van der Waals surface area contributed by atoms with E-state index in [0.29, 0.717) is 17.9 Å². The molecule has 2 fully saturated rings. The first kappa shape index (κ1) is 9.16. The van der Waals surface area contributed by atoms with Crippen LogP contribution < -0.4 is 4.74 Å². The molecule has 2 bridgehead atoms. The molecule has 1 aromatic rings. The maximum Gasteiger partial charge on any atom is 0.122 e. The maximum absolute atomic E-state index is 9.64. The van der Waals surface area contributed by atoms with Crippen molar-refractivity contribution in [3.63, 3.8) is 0 Å². The normalized spacial score (nSPS) is 38.2. The molecule has 2 aliphatic rings. The number of ether oxygens (including phenoxy) is 1. The number of hydrogen-bond donors (Lipinski definition) is 1. The zero-order chi connectivity index (χ0) is 10.3. The van der Waals surface area contributed by atoms with E-state index in [0.717, 1.165) is 25.0 Å². The highest BCUT2D eigenvalue weighted by Gasteiger charge is 2.46. The Morgan fingerprint density at radius 2 is 1.93 bits per heavy atom. The quantitative estimate of drug-likeness (QED) is 0.797. The van der Waals surface area contributed by atoms with E-state index < -0.39 is 0 Å². The van der Waals surface area contributed by atoms with Gasteiger partial charge in [-0.25, -0.2) is 0 Å². The number of pyridine rings is 1. The lowest BCUT2D eigenvalue weighted by molar-refractivity contribution is 0.0569. The topological polar surface area (TPSA) is 42.4 Å². The summed E-state index contributed by atoms with van der Waals surface area (Å²) in [5, 5.41) is 9.64. The second-order valence-corrected chi connectivity index (χ2v) is 4.63. The van der Waals surface area contributed by atoms with Crippen LogP contribution in [0.15, 0.2) is 24.5 Å². The van der Waals surface area contributed by atoms with Crippen molar-refractivity contribution in [2.75, 3.05) is 0 Å². The van der Waals surface area contributed by atoms with Crippen LogP contribution in [0.25, 0.3) is 0 Å². The Labute approximate surface area is 89.1 Å². The van der Waals surface area contributed by atoms with E-state index in [4.69, 9.17) is 4.74 Å². The molecule has 1 N–H and O–H groups in total. The van der Waals surface area contributed by atoms with Gasteiger partial charge in [-0.3, -0.25) is 4.98 Å². The minimum atomic E-state index is -0.0766. The number of rotatable bonds is 2. The Hall–Kier alpha value is -1.09. The Morgan fingerprint density at radius 1 is 1.13 bits per heavy atom. The lowest BCUT2D eigenvalue weighted by Gasteiger charge is -2.25. The summed E-state index contributed by atoms with van der Waals surface area (Å²) in [4.78, 5) is 3.96. The van der Waals surface area contributed by atoms with Crippen molar-refractivity contribution in [3.8, 4) is 5.75 Å². The van der Waals surface area contributed by atoms with E-state index in [1.807, 2.05) is 12.1 Å². The smallest absolute Gasteiger partial charge is 0.122 e. The van der Waals surface area contributed by atoms with Gasteiger partial charge in [-0.15, -0.1) is 0 Å². The van der Waals surface area contributed by atoms with Crippen molar-refractivity contribution in [1.29, 1.82) is 0 Å². The first-order valence-corrected chi connectivity index (χ1v) is 5.57. The zero-order valence-electron chi connectivity index (χ0n) is 8.54. The van der Waals surface area contributed by atoms with Gasteiger partial charge < -0.3 is 9.84 Å². The van der Waals surface area contributed by atoms with Crippen LogP contribution in [0.1, 0.15) is 19.3 Å². The highest BCUT2D eigenvalue weighted by atomic mass is 16.5. The van der Waals surface area contributed by atoms with Crippen LogP contribution in [0, 0.1) is 11.8 Å². The standard InChI is InChI=1S/C12H15NO2/c14-11-6-9-5-8(11)7-12(9)15-10-1-3-13-4-2-10/h1-4,8-9,11-12,14H,5-7H2. The molecule has 2 aliphatic carbocycles. The van der Waals surface area contributed by atoms with Crippen molar-refractivity contribution in [3.05, 3.63) is 24.5 Å². The molecule has 1 aromatic heterocycles. The molecule has 80 valence electrons. The summed E-state index contributed by atoms with van der Waals surface area (Å²) >= 11 is 0. The van der Waals surface area contributed by atoms with E-state index in [1.54, 1.807) is 12.4 Å². The van der Waals surface area contributed by atoms with E-state index >= 15 is 0 Å². The summed E-state index contributed by atoms with van der Waals surface area (Å²) in [6.07, 6.45) is 6.79. The van der Waals surface area contributed by atoms with E-state index in [2.05, 4.69) is 4.98 Å². The predicted octanol–water partition coefficient (Wildman–Crippen LogP) is 1.62. The van der Waals surface area contributed by atoms with Crippen LogP contribution in [0.5, 0.6) is 5.75 Å². The number of nitrogens with zero attached hydrogens (tertiary/aromatic N) is 1. The van der Waals surface area contributed by atoms with E-state index in [1.165, 1.54) is 0 Å². The molecule has 0 saturated heterocycles. The Morgan fingerprint density at radius 3 is 2.53 bits per heavy atom. The second kappa shape index (κ2) is 3.49. The summed E-state index contributed by atoms with van der Waals surface area (Å²) in [5.41, 5.74) is 0. The molecular formula is C12H15NO2. The Bertz CT molecular complexity index is 339. The van der Waals surface area contributed by atoms with Gasteiger partial charge in [0, 0.05) is 12.4 Å². The fourth-order valence-electron chi connectivity index (χ4n) is 2.93. The number of aliphatic hydroxyl groups is 1. The number of aliphatic hydroxyl groups excluding tert-OH is 1. The van der Waals surface area contributed by atoms with Crippen LogP contribution >= 0.6 is 0 Å². The second-order valence-electron chi connectivity index (χ2n) is 4.63. The molecule has 4 unspecified atom stereocenters. The zero-order valence-corrected chi connectivity index (χ0v) is 8.54. The van der Waals surface area contributed by atoms with Gasteiger partial charge in [0.05, 0.1) is 6.10 Å². The van der Waals surface area contributed by atoms with E-state index in [-0.39, 0.29) is 6.10 Å². The van der Waals surface area contributed by atoms with E-state index in [9.17, 15) is 5.11 Å². The van der Waals surface area contributed by atoms with Crippen LogP contribution in [0.2, 0.25) is 0 Å². The third kappa shape index (κ3) is 1.61. The van der Waals surface area contributed by atoms with Gasteiger partial charge in [-0.2, -0.15) is 0 Å². The molecule has 15 heavy (non-hydrogen) atoms. The molecule has 0 radical (unpaired) electrons. The molecule has 0 amide bonds. The SMILES string of the molecule is OC1CC2CC1CC2Oc1ccncc1. The summed E-state index contributed by atoms with van der Waals surface area (Å²) in [7, 11) is 0. The van der Waals surface area contributed by atoms with Crippen LogP contribution in [0.3, 0.4) is 0 Å². The third-order valence-electron chi connectivity index (χ3n) is 3.69. The summed E-state index contributed by atoms with van der Waals surface area (Å²) in [6.45, 7) is 0. The van der Waals surface area contributed by atoms with Gasteiger partial charge in [0.1, 0.15) is 11.9 Å². The molecule has 2 saturated carbocycles. The molecule has 0 aromatic carbocycles. The average Bonchev–Trinajstić information content (AvgIpc) is 2.78. The van der Waals surface area contributed by atoms with Crippen LogP contribution in [-0.4, -0.2) is 22.3 Å². The predicted molar refractivity (Wildman–Crippen MR) is 55.5 cm³/mol. The monoisotopic (exact) mass is 205 g/mol. The lowest BCUT2D eigenvalue weighted by atomic mass is 9.95. The lowest BCUT2D eigenvalue weighted by Crippen LogP contribution is -2.29. The van der Waals surface area contributed by atoms with Gasteiger partial charge in [0.15, 0.2) is 0 Å². The molecule has 3 nitrogen and oxygen atoms in total. The van der Waals surface area contributed by atoms with Crippen molar-refractivity contribution in [2.24, 2.45) is 11.8 Å². The number of aromatic nitrogens is 1. The van der Waals surface area contributed by atoms with Gasteiger partial charge in [0.2, 0.25) is 0 Å².